The third-order valence-electron chi connectivity index (χ3n) is 5.40. The molecule has 0 bridgehead atoms. The highest BCUT2D eigenvalue weighted by Crippen LogP contribution is 2.31. The Balaban J connectivity index is 1.28. The lowest BCUT2D eigenvalue weighted by atomic mass is 10.0. The van der Waals surface area contributed by atoms with Crippen molar-refractivity contribution in [2.24, 2.45) is 0 Å². The van der Waals surface area contributed by atoms with Crippen molar-refractivity contribution in [1.29, 1.82) is 0 Å². The van der Waals surface area contributed by atoms with Crippen LogP contribution in [0.4, 0.5) is 0 Å². The molecule has 3 fully saturated rings. The number of ether oxygens (including phenoxy) is 2. The summed E-state index contributed by atoms with van der Waals surface area (Å²) in [7, 11) is 0. The van der Waals surface area contributed by atoms with Gasteiger partial charge in [-0.3, -0.25) is 14.4 Å². The quantitative estimate of drug-likeness (QED) is 0.636. The number of furan rings is 1. The molecule has 1 aromatic rings. The number of carbonyl (C=O) groups is 3. The highest BCUT2D eigenvalue weighted by Gasteiger charge is 2.42. The fraction of sp³-hybridized carbons (Fsp3) is 0.611. The Labute approximate surface area is 156 Å². The molecule has 0 aliphatic carbocycles. The Hall–Kier alpha value is -2.39. The average molecular weight is 377 g/mol. The molecule has 3 saturated heterocycles. The average Bonchev–Trinajstić information content (AvgIpc) is 3.40. The maximum atomic E-state index is 12.6. The standard InChI is InChI=1S/C18H23N3O6/c22-15(14-2-1-11-25-14)20-7-9-21(10-8-20)17(24)16(23)19-5-3-18(4-6-19)26-12-13-27-18/h1-2,11H,3-10,12-13H2. The first kappa shape index (κ1) is 18.0. The predicted molar refractivity (Wildman–Crippen MR) is 91.6 cm³/mol. The number of hydrogen-bond acceptors (Lipinski definition) is 6. The number of hydrogen-bond donors (Lipinski definition) is 0. The molecule has 4 rings (SSSR count). The van der Waals surface area contributed by atoms with Crippen LogP contribution in [-0.4, -0.2) is 90.7 Å². The van der Waals surface area contributed by atoms with Crippen LogP contribution < -0.4 is 0 Å². The molecule has 9 nitrogen and oxygen atoms in total. The molecule has 3 aliphatic rings. The van der Waals surface area contributed by atoms with E-state index in [4.69, 9.17) is 13.9 Å². The fourth-order valence-corrected chi connectivity index (χ4v) is 3.78. The zero-order valence-electron chi connectivity index (χ0n) is 15.1. The molecule has 0 saturated carbocycles. The topological polar surface area (TPSA) is 92.5 Å². The molecule has 0 unspecified atom stereocenters. The fourth-order valence-electron chi connectivity index (χ4n) is 3.78. The molecular formula is C18H23N3O6. The molecule has 4 heterocycles. The number of likely N-dealkylation sites (tertiary alicyclic amines) is 1. The lowest BCUT2D eigenvalue weighted by molar-refractivity contribution is -0.188. The van der Waals surface area contributed by atoms with Crippen LogP contribution in [0, 0.1) is 0 Å². The van der Waals surface area contributed by atoms with Crippen molar-refractivity contribution in [3.05, 3.63) is 24.2 Å². The Morgan fingerprint density at radius 1 is 0.815 bits per heavy atom. The third kappa shape index (κ3) is 3.57. The minimum Gasteiger partial charge on any atom is -0.459 e. The molecule has 0 radical (unpaired) electrons. The minimum atomic E-state index is -0.572. The van der Waals surface area contributed by atoms with Gasteiger partial charge in [-0.25, -0.2) is 0 Å². The van der Waals surface area contributed by atoms with Gasteiger partial charge >= 0.3 is 11.8 Å². The monoisotopic (exact) mass is 377 g/mol. The van der Waals surface area contributed by atoms with E-state index >= 15 is 0 Å². The van der Waals surface area contributed by atoms with Crippen LogP contribution in [0.5, 0.6) is 0 Å². The van der Waals surface area contributed by atoms with E-state index in [2.05, 4.69) is 0 Å². The van der Waals surface area contributed by atoms with Crippen molar-refractivity contribution in [1.82, 2.24) is 14.7 Å². The zero-order chi connectivity index (χ0) is 18.9. The number of nitrogens with zero attached hydrogens (tertiary/aromatic N) is 3. The van der Waals surface area contributed by atoms with Crippen molar-refractivity contribution in [2.75, 3.05) is 52.5 Å². The Bertz CT molecular complexity index is 695. The number of amides is 3. The highest BCUT2D eigenvalue weighted by atomic mass is 16.7. The molecule has 146 valence electrons. The normalized spacial score (nSPS) is 22.3. The number of rotatable bonds is 1. The van der Waals surface area contributed by atoms with E-state index in [1.54, 1.807) is 21.9 Å². The molecule has 3 amide bonds. The van der Waals surface area contributed by atoms with Crippen LogP contribution in [0.1, 0.15) is 23.4 Å². The Kier molecular flexibility index (Phi) is 4.88. The van der Waals surface area contributed by atoms with Crippen molar-refractivity contribution < 1.29 is 28.3 Å². The Morgan fingerprint density at radius 3 is 1.93 bits per heavy atom. The van der Waals surface area contributed by atoms with E-state index in [-0.39, 0.29) is 11.7 Å². The summed E-state index contributed by atoms with van der Waals surface area (Å²) in [6, 6.07) is 3.28. The van der Waals surface area contributed by atoms with Gasteiger partial charge in [-0.15, -0.1) is 0 Å². The summed E-state index contributed by atoms with van der Waals surface area (Å²) in [5.41, 5.74) is 0. The number of carbonyl (C=O) groups excluding carboxylic acids is 3. The maximum absolute atomic E-state index is 12.6. The van der Waals surface area contributed by atoms with Crippen LogP contribution in [0.15, 0.2) is 22.8 Å². The van der Waals surface area contributed by atoms with Crippen molar-refractivity contribution in [3.8, 4) is 0 Å². The Morgan fingerprint density at radius 2 is 1.37 bits per heavy atom. The van der Waals surface area contributed by atoms with Crippen LogP contribution in [0.2, 0.25) is 0 Å². The van der Waals surface area contributed by atoms with Crippen molar-refractivity contribution in [3.63, 3.8) is 0 Å². The number of piperidine rings is 1. The van der Waals surface area contributed by atoms with E-state index in [0.29, 0.717) is 65.3 Å². The van der Waals surface area contributed by atoms with Crippen molar-refractivity contribution >= 4 is 17.7 Å². The molecule has 9 heteroatoms. The van der Waals surface area contributed by atoms with Gasteiger partial charge in [-0.05, 0) is 12.1 Å². The smallest absolute Gasteiger partial charge is 0.312 e. The lowest BCUT2D eigenvalue weighted by Crippen LogP contribution is -2.56. The molecular weight excluding hydrogens is 354 g/mol. The van der Waals surface area contributed by atoms with E-state index in [1.165, 1.54) is 11.2 Å². The predicted octanol–water partition coefficient (Wildman–Crippen LogP) is -0.0705. The second-order valence-corrected chi connectivity index (χ2v) is 6.96. The summed E-state index contributed by atoms with van der Waals surface area (Å²) in [5.74, 6) is -1.49. The molecule has 0 aromatic carbocycles. The first-order valence-electron chi connectivity index (χ1n) is 9.27. The van der Waals surface area contributed by atoms with Crippen molar-refractivity contribution in [2.45, 2.75) is 18.6 Å². The second kappa shape index (κ2) is 7.32. The van der Waals surface area contributed by atoms with Gasteiger partial charge in [0.05, 0.1) is 19.5 Å². The summed E-state index contributed by atoms with van der Waals surface area (Å²) in [6.07, 6.45) is 2.62. The summed E-state index contributed by atoms with van der Waals surface area (Å²) < 4.78 is 16.4. The van der Waals surface area contributed by atoms with E-state index in [0.717, 1.165) is 0 Å². The highest BCUT2D eigenvalue weighted by molar-refractivity contribution is 6.34. The molecule has 1 spiro atoms. The SMILES string of the molecule is O=C(C(=O)N1CCC2(CC1)OCCO2)N1CCN(C(=O)c2ccco2)CC1. The van der Waals surface area contributed by atoms with Crippen LogP contribution >= 0.6 is 0 Å². The first-order valence-corrected chi connectivity index (χ1v) is 9.27. The van der Waals surface area contributed by atoms with Crippen LogP contribution in [0.25, 0.3) is 0 Å². The van der Waals surface area contributed by atoms with Gasteiger partial charge in [0.15, 0.2) is 11.5 Å². The minimum absolute atomic E-state index is 0.198. The van der Waals surface area contributed by atoms with E-state index in [1.807, 2.05) is 0 Å². The summed E-state index contributed by atoms with van der Waals surface area (Å²) in [6.45, 7) is 3.47. The van der Waals surface area contributed by atoms with E-state index < -0.39 is 17.6 Å². The molecule has 0 atom stereocenters. The zero-order valence-corrected chi connectivity index (χ0v) is 15.1. The molecule has 27 heavy (non-hydrogen) atoms. The summed E-state index contributed by atoms with van der Waals surface area (Å²) in [5, 5.41) is 0. The van der Waals surface area contributed by atoms with Crippen LogP contribution in [0.3, 0.4) is 0 Å². The molecule has 1 aromatic heterocycles. The van der Waals surface area contributed by atoms with Crippen LogP contribution in [-0.2, 0) is 19.1 Å². The third-order valence-corrected chi connectivity index (χ3v) is 5.40. The molecule has 3 aliphatic heterocycles. The first-order chi connectivity index (χ1) is 13.1. The lowest BCUT2D eigenvalue weighted by Gasteiger charge is -2.39. The largest absolute Gasteiger partial charge is 0.459 e. The van der Waals surface area contributed by atoms with Gasteiger partial charge in [-0.1, -0.05) is 0 Å². The second-order valence-electron chi connectivity index (χ2n) is 6.96. The van der Waals surface area contributed by atoms with Gasteiger partial charge in [0.25, 0.3) is 5.91 Å². The summed E-state index contributed by atoms with van der Waals surface area (Å²) >= 11 is 0. The van der Waals surface area contributed by atoms with Gasteiger partial charge in [-0.2, -0.15) is 0 Å². The van der Waals surface area contributed by atoms with E-state index in [9.17, 15) is 14.4 Å². The van der Waals surface area contributed by atoms with Gasteiger partial charge in [0.2, 0.25) is 0 Å². The van der Waals surface area contributed by atoms with Gasteiger partial charge < -0.3 is 28.6 Å². The maximum Gasteiger partial charge on any atom is 0.312 e. The van der Waals surface area contributed by atoms with Gasteiger partial charge in [0.1, 0.15) is 0 Å². The summed E-state index contributed by atoms with van der Waals surface area (Å²) in [4.78, 5) is 42.1. The number of piperazine rings is 1. The molecule has 0 N–H and O–H groups in total. The van der Waals surface area contributed by atoms with Gasteiger partial charge in [0, 0.05) is 52.1 Å².